The van der Waals surface area contributed by atoms with Crippen LogP contribution in [0.4, 0.5) is 0 Å². The van der Waals surface area contributed by atoms with E-state index in [0.29, 0.717) is 28.8 Å². The molecule has 2 unspecified atom stereocenters. The minimum atomic E-state index is -3.49. The lowest BCUT2D eigenvalue weighted by atomic mass is 10.1. The van der Waals surface area contributed by atoms with Crippen LogP contribution in [-0.2, 0) is 28.0 Å². The second-order valence-electron chi connectivity index (χ2n) is 8.44. The quantitative estimate of drug-likeness (QED) is 0.465. The highest BCUT2D eigenvalue weighted by Crippen LogP contribution is 2.26. The van der Waals surface area contributed by atoms with Crippen LogP contribution in [0.3, 0.4) is 0 Å². The first kappa shape index (κ1) is 24.0. The maximum absolute atomic E-state index is 12.9. The molecule has 0 amide bonds. The third kappa shape index (κ3) is 5.30. The van der Waals surface area contributed by atoms with E-state index >= 15 is 0 Å². The summed E-state index contributed by atoms with van der Waals surface area (Å²) >= 11 is -1.52. The number of piperidine rings is 1. The second-order valence-corrected chi connectivity index (χ2v) is 11.6. The van der Waals surface area contributed by atoms with Gasteiger partial charge in [-0.25, -0.2) is 8.42 Å². The summed E-state index contributed by atoms with van der Waals surface area (Å²) in [5.74, 6) is 0.650. The number of sulfonamides is 1. The van der Waals surface area contributed by atoms with Crippen LogP contribution in [0.5, 0.6) is 5.75 Å². The van der Waals surface area contributed by atoms with Gasteiger partial charge in [0.25, 0.3) is 5.03 Å². The molecule has 0 radical (unpaired) electrons. The van der Waals surface area contributed by atoms with Gasteiger partial charge in [-0.05, 0) is 48.2 Å². The number of nitrogens with zero attached hydrogens (tertiary/aromatic N) is 3. The molecule has 1 fully saturated rings. The number of rotatable bonds is 7. The second kappa shape index (κ2) is 10.1. The molecule has 2 aliphatic rings. The fourth-order valence-corrected chi connectivity index (χ4v) is 6.63. The SMILES string of the molecule is O=S(=O)(c1cccc(COc2ccc(-c3cnn(C4=CC(O)N[S+]4[O-])c3)cc2)c1)N1CCCCC1. The van der Waals surface area contributed by atoms with Crippen LogP contribution < -0.4 is 9.46 Å². The molecule has 5 rings (SSSR count). The van der Waals surface area contributed by atoms with Crippen molar-refractivity contribution in [3.63, 3.8) is 0 Å². The minimum Gasteiger partial charge on any atom is -0.592 e. The summed E-state index contributed by atoms with van der Waals surface area (Å²) in [5.41, 5.74) is 2.50. The van der Waals surface area contributed by atoms with E-state index in [1.54, 1.807) is 34.9 Å². The van der Waals surface area contributed by atoms with Crippen molar-refractivity contribution in [3.8, 4) is 16.9 Å². The summed E-state index contributed by atoms with van der Waals surface area (Å²) in [6.45, 7) is 1.39. The molecular weight excluding hydrogens is 488 g/mol. The lowest BCUT2D eigenvalue weighted by molar-refractivity contribution is 0.216. The molecule has 2 N–H and O–H groups in total. The van der Waals surface area contributed by atoms with Crippen LogP contribution in [0.15, 0.2) is 71.9 Å². The molecule has 1 aromatic heterocycles. The molecular formula is C24H26N4O5S2. The summed E-state index contributed by atoms with van der Waals surface area (Å²) in [6.07, 6.45) is 6.77. The molecule has 0 aliphatic carbocycles. The Kier molecular flexibility index (Phi) is 6.96. The molecule has 184 valence electrons. The number of nitrogens with one attached hydrogen (secondary N) is 1. The number of aliphatic hydroxyl groups excluding tert-OH is 1. The van der Waals surface area contributed by atoms with Crippen molar-refractivity contribution in [3.05, 3.63) is 72.6 Å². The molecule has 9 nitrogen and oxygen atoms in total. The lowest BCUT2D eigenvalue weighted by Gasteiger charge is -2.26. The Morgan fingerprint density at radius 1 is 1.11 bits per heavy atom. The van der Waals surface area contributed by atoms with Crippen molar-refractivity contribution in [2.24, 2.45) is 0 Å². The number of hydrogen-bond donors (Lipinski definition) is 2. The van der Waals surface area contributed by atoms with E-state index in [2.05, 4.69) is 9.82 Å². The first-order valence-electron chi connectivity index (χ1n) is 11.4. The Balaban J connectivity index is 1.23. The minimum absolute atomic E-state index is 0.246. The number of hydrogen-bond acceptors (Lipinski definition) is 7. The van der Waals surface area contributed by atoms with Crippen LogP contribution in [-0.4, -0.2) is 51.5 Å². The van der Waals surface area contributed by atoms with E-state index < -0.39 is 27.6 Å². The lowest BCUT2D eigenvalue weighted by Crippen LogP contribution is -2.35. The summed E-state index contributed by atoms with van der Waals surface area (Å²) in [7, 11) is -3.49. The van der Waals surface area contributed by atoms with Gasteiger partial charge in [0.2, 0.25) is 10.0 Å². The predicted molar refractivity (Wildman–Crippen MR) is 133 cm³/mol. The Morgan fingerprint density at radius 3 is 2.60 bits per heavy atom. The average Bonchev–Trinajstić information content (AvgIpc) is 3.50. The molecule has 0 bridgehead atoms. The number of ether oxygens (including phenoxy) is 1. The molecule has 11 heteroatoms. The van der Waals surface area contributed by atoms with Gasteiger partial charge in [-0.2, -0.15) is 14.1 Å². The van der Waals surface area contributed by atoms with Gasteiger partial charge in [0, 0.05) is 30.9 Å². The van der Waals surface area contributed by atoms with Crippen LogP contribution in [0.1, 0.15) is 24.8 Å². The normalized spacial score (nSPS) is 21.1. The molecule has 2 atom stereocenters. The van der Waals surface area contributed by atoms with Gasteiger partial charge in [-0.1, -0.05) is 30.7 Å². The molecule has 0 saturated carbocycles. The molecule has 35 heavy (non-hydrogen) atoms. The third-order valence-corrected chi connectivity index (χ3v) is 9.02. The topological polar surface area (TPSA) is 120 Å². The first-order chi connectivity index (χ1) is 16.9. The van der Waals surface area contributed by atoms with Crippen LogP contribution in [0.25, 0.3) is 16.2 Å². The predicted octanol–water partition coefficient (Wildman–Crippen LogP) is 2.69. The van der Waals surface area contributed by atoms with E-state index in [9.17, 15) is 18.1 Å². The van der Waals surface area contributed by atoms with Crippen molar-refractivity contribution in [2.45, 2.75) is 37.0 Å². The largest absolute Gasteiger partial charge is 0.592 e. The number of benzene rings is 2. The van der Waals surface area contributed by atoms with E-state index in [-0.39, 0.29) is 6.61 Å². The Morgan fingerprint density at radius 2 is 1.89 bits per heavy atom. The van der Waals surface area contributed by atoms with Gasteiger partial charge in [0.1, 0.15) is 23.7 Å². The molecule has 3 aromatic rings. The fourth-order valence-electron chi connectivity index (χ4n) is 4.11. The Labute approximate surface area is 207 Å². The molecule has 2 aromatic carbocycles. The van der Waals surface area contributed by atoms with Gasteiger partial charge in [0.05, 0.1) is 11.1 Å². The van der Waals surface area contributed by atoms with E-state index in [4.69, 9.17) is 4.74 Å². The summed E-state index contributed by atoms with van der Waals surface area (Å²) in [5, 5.41) is 14.2. The fraction of sp³-hybridized carbons (Fsp3) is 0.292. The zero-order valence-corrected chi connectivity index (χ0v) is 20.5. The van der Waals surface area contributed by atoms with Gasteiger partial charge < -0.3 is 14.4 Å². The van der Waals surface area contributed by atoms with Crippen molar-refractivity contribution >= 4 is 26.4 Å². The number of aliphatic hydroxyl groups is 1. The van der Waals surface area contributed by atoms with Crippen molar-refractivity contribution in [2.75, 3.05) is 13.1 Å². The zero-order chi connectivity index (χ0) is 24.4. The third-order valence-electron chi connectivity index (χ3n) is 5.97. The van der Waals surface area contributed by atoms with Crippen LogP contribution >= 0.6 is 0 Å². The Hall–Kier alpha value is -2.67. The maximum atomic E-state index is 12.9. The van der Waals surface area contributed by atoms with E-state index in [1.165, 1.54) is 10.8 Å². The molecule has 3 heterocycles. The van der Waals surface area contributed by atoms with Crippen molar-refractivity contribution in [1.29, 1.82) is 0 Å². The van der Waals surface area contributed by atoms with Crippen molar-refractivity contribution in [1.82, 2.24) is 18.8 Å². The van der Waals surface area contributed by atoms with Gasteiger partial charge in [-0.3, -0.25) is 0 Å². The van der Waals surface area contributed by atoms with Crippen LogP contribution in [0.2, 0.25) is 0 Å². The Bertz CT molecular complexity index is 1320. The monoisotopic (exact) mass is 514 g/mol. The average molecular weight is 515 g/mol. The summed E-state index contributed by atoms with van der Waals surface area (Å²) in [6, 6.07) is 14.4. The molecule has 0 spiro atoms. The van der Waals surface area contributed by atoms with E-state index in [1.807, 2.05) is 30.3 Å². The van der Waals surface area contributed by atoms with Crippen LogP contribution in [0, 0.1) is 0 Å². The molecule has 1 saturated heterocycles. The number of aromatic nitrogens is 2. The van der Waals surface area contributed by atoms with Crippen molar-refractivity contribution < 1.29 is 22.8 Å². The summed E-state index contributed by atoms with van der Waals surface area (Å²) in [4.78, 5) is 0.300. The highest BCUT2D eigenvalue weighted by molar-refractivity contribution is 7.98. The smallest absolute Gasteiger partial charge is 0.267 e. The highest BCUT2D eigenvalue weighted by atomic mass is 32.2. The zero-order valence-electron chi connectivity index (χ0n) is 18.9. The highest BCUT2D eigenvalue weighted by Gasteiger charge is 2.30. The van der Waals surface area contributed by atoms with Gasteiger partial charge in [-0.15, -0.1) is 4.72 Å². The molecule has 2 aliphatic heterocycles. The summed E-state index contributed by atoms with van der Waals surface area (Å²) < 4.78 is 49.3. The maximum Gasteiger partial charge on any atom is 0.267 e. The van der Waals surface area contributed by atoms with Gasteiger partial charge >= 0.3 is 0 Å². The van der Waals surface area contributed by atoms with E-state index in [0.717, 1.165) is 36.0 Å². The standard InChI is InChI=1S/C24H26N4O5S2/c29-23-14-24(34(30)26-23)28-16-20(15-25-28)19-7-9-21(10-8-19)33-17-18-5-4-6-22(13-18)35(31,32)27-11-2-1-3-12-27/h4-10,13-16,23,26,29H,1-3,11-12,17H2. The first-order valence-corrected chi connectivity index (χ1v) is 13.9. The van der Waals surface area contributed by atoms with Gasteiger partial charge in [0.15, 0.2) is 6.23 Å².